The van der Waals surface area contributed by atoms with Crippen LogP contribution in [0.5, 0.6) is 0 Å². The molecule has 0 radical (unpaired) electrons. The minimum atomic E-state index is -1.63. The topological polar surface area (TPSA) is 12.5 Å². The van der Waals surface area contributed by atoms with Crippen molar-refractivity contribution in [3.63, 3.8) is 0 Å². The Morgan fingerprint density at radius 1 is 1.35 bits per heavy atom. The Morgan fingerprint density at radius 3 is 2.29 bits per heavy atom. The molecule has 102 valence electrons. The smallest absolute Gasteiger partial charge is 0.194 e. The highest BCUT2D eigenvalue weighted by atomic mass is 32.2. The second-order valence-corrected chi connectivity index (χ2v) is 12.7. The standard InChI is InChI=1S/C13H29NOSSi/c1-11(14(5)16-10-12-8-9-12)15-17(6,7)13(2,3)4/h11-12H,8-10H2,1-7H3. The van der Waals surface area contributed by atoms with Crippen LogP contribution in [0.3, 0.4) is 0 Å². The highest BCUT2D eigenvalue weighted by Gasteiger charge is 2.39. The van der Waals surface area contributed by atoms with E-state index in [2.05, 4.69) is 52.1 Å². The molecule has 1 aliphatic carbocycles. The van der Waals surface area contributed by atoms with Gasteiger partial charge in [0.1, 0.15) is 6.23 Å². The molecule has 4 heteroatoms. The first kappa shape index (κ1) is 15.5. The minimum Gasteiger partial charge on any atom is -0.401 e. The highest BCUT2D eigenvalue weighted by molar-refractivity contribution is 7.97. The van der Waals surface area contributed by atoms with E-state index in [0.29, 0.717) is 5.04 Å². The van der Waals surface area contributed by atoms with Crippen molar-refractivity contribution in [3.05, 3.63) is 0 Å². The van der Waals surface area contributed by atoms with Gasteiger partial charge in [-0.2, -0.15) is 0 Å². The van der Waals surface area contributed by atoms with Gasteiger partial charge in [-0.3, -0.25) is 0 Å². The Bertz CT molecular complexity index is 248. The molecule has 1 atom stereocenters. The van der Waals surface area contributed by atoms with Gasteiger partial charge in [0, 0.05) is 12.8 Å². The monoisotopic (exact) mass is 275 g/mol. The zero-order valence-corrected chi connectivity index (χ0v) is 14.4. The lowest BCUT2D eigenvalue weighted by atomic mass is 10.2. The van der Waals surface area contributed by atoms with Crippen LogP contribution in [0.15, 0.2) is 0 Å². The van der Waals surface area contributed by atoms with Crippen LogP contribution in [0.1, 0.15) is 40.5 Å². The zero-order chi connectivity index (χ0) is 13.3. The second kappa shape index (κ2) is 5.64. The third-order valence-corrected chi connectivity index (χ3v) is 9.86. The molecule has 0 heterocycles. The number of hydrogen-bond acceptors (Lipinski definition) is 3. The third kappa shape index (κ3) is 4.93. The summed E-state index contributed by atoms with van der Waals surface area (Å²) in [6, 6.07) is 0. The van der Waals surface area contributed by atoms with Crippen molar-refractivity contribution in [2.24, 2.45) is 5.92 Å². The van der Waals surface area contributed by atoms with Crippen LogP contribution in [-0.2, 0) is 4.43 Å². The number of hydrogen-bond donors (Lipinski definition) is 0. The molecule has 17 heavy (non-hydrogen) atoms. The first-order valence-corrected chi connectivity index (χ1v) is 10.5. The van der Waals surface area contributed by atoms with Crippen LogP contribution in [-0.4, -0.2) is 31.7 Å². The molecule has 0 aliphatic heterocycles. The average Bonchev–Trinajstić information content (AvgIpc) is 2.94. The fourth-order valence-corrected chi connectivity index (χ4v) is 3.76. The lowest BCUT2D eigenvalue weighted by Crippen LogP contribution is -2.46. The van der Waals surface area contributed by atoms with Crippen molar-refractivity contribution in [2.45, 2.75) is 64.9 Å². The van der Waals surface area contributed by atoms with Gasteiger partial charge in [-0.15, -0.1) is 0 Å². The van der Waals surface area contributed by atoms with Crippen molar-refractivity contribution < 1.29 is 4.43 Å². The van der Waals surface area contributed by atoms with E-state index in [0.717, 1.165) is 5.92 Å². The van der Waals surface area contributed by atoms with E-state index >= 15 is 0 Å². The Morgan fingerprint density at radius 2 is 1.88 bits per heavy atom. The maximum absolute atomic E-state index is 6.36. The number of nitrogens with zero attached hydrogens (tertiary/aromatic N) is 1. The Kier molecular flexibility index (Phi) is 5.15. The predicted octanol–water partition coefficient (Wildman–Crippen LogP) is 4.34. The van der Waals surface area contributed by atoms with Crippen LogP contribution < -0.4 is 0 Å². The van der Waals surface area contributed by atoms with Crippen molar-refractivity contribution in [3.8, 4) is 0 Å². The van der Waals surface area contributed by atoms with E-state index in [1.807, 2.05) is 11.9 Å². The fourth-order valence-electron chi connectivity index (χ4n) is 1.29. The van der Waals surface area contributed by atoms with E-state index in [1.54, 1.807) is 0 Å². The van der Waals surface area contributed by atoms with Crippen LogP contribution in [0.4, 0.5) is 0 Å². The molecule has 0 aromatic heterocycles. The molecular formula is C13H29NOSSi. The fraction of sp³-hybridized carbons (Fsp3) is 1.00. The summed E-state index contributed by atoms with van der Waals surface area (Å²) in [6.07, 6.45) is 3.08. The molecule has 0 spiro atoms. The number of rotatable bonds is 6. The predicted molar refractivity (Wildman–Crippen MR) is 80.7 cm³/mol. The van der Waals surface area contributed by atoms with Gasteiger partial charge in [0.2, 0.25) is 0 Å². The summed E-state index contributed by atoms with van der Waals surface area (Å²) in [5.41, 5.74) is 0. The van der Waals surface area contributed by atoms with Gasteiger partial charge in [-0.1, -0.05) is 32.7 Å². The van der Waals surface area contributed by atoms with Crippen LogP contribution in [0.25, 0.3) is 0 Å². The van der Waals surface area contributed by atoms with Crippen molar-refractivity contribution in [2.75, 3.05) is 12.8 Å². The largest absolute Gasteiger partial charge is 0.401 e. The molecule has 0 bridgehead atoms. The van der Waals surface area contributed by atoms with E-state index in [-0.39, 0.29) is 6.23 Å². The SMILES string of the molecule is CC(O[Si](C)(C)C(C)(C)C)N(C)SCC1CC1. The summed E-state index contributed by atoms with van der Waals surface area (Å²) >= 11 is 1.94. The van der Waals surface area contributed by atoms with Gasteiger partial charge >= 0.3 is 0 Å². The molecule has 0 aromatic carbocycles. The maximum Gasteiger partial charge on any atom is 0.194 e. The summed E-state index contributed by atoms with van der Waals surface area (Å²) in [4.78, 5) is 0. The van der Waals surface area contributed by atoms with E-state index in [4.69, 9.17) is 4.43 Å². The Hall–Kier alpha value is 0.487. The molecule has 2 nitrogen and oxygen atoms in total. The van der Waals surface area contributed by atoms with Crippen molar-refractivity contribution in [1.82, 2.24) is 4.31 Å². The van der Waals surface area contributed by atoms with Gasteiger partial charge in [0.15, 0.2) is 8.32 Å². The maximum atomic E-state index is 6.36. The summed E-state index contributed by atoms with van der Waals surface area (Å²) in [5, 5.41) is 0.295. The third-order valence-electron chi connectivity index (χ3n) is 3.99. The van der Waals surface area contributed by atoms with Gasteiger partial charge in [-0.05, 0) is 43.8 Å². The molecule has 1 fully saturated rings. The van der Waals surface area contributed by atoms with Crippen molar-refractivity contribution in [1.29, 1.82) is 0 Å². The first-order valence-electron chi connectivity index (χ1n) is 6.67. The quantitative estimate of drug-likeness (QED) is 0.406. The summed E-state index contributed by atoms with van der Waals surface area (Å²) in [7, 11) is 0.531. The lowest BCUT2D eigenvalue weighted by molar-refractivity contribution is 0.113. The van der Waals surface area contributed by atoms with Crippen LogP contribution in [0, 0.1) is 5.92 Å². The molecule has 0 saturated heterocycles. The van der Waals surface area contributed by atoms with E-state index < -0.39 is 8.32 Å². The van der Waals surface area contributed by atoms with E-state index in [9.17, 15) is 0 Å². The van der Waals surface area contributed by atoms with Crippen LogP contribution in [0.2, 0.25) is 18.1 Å². The van der Waals surface area contributed by atoms with E-state index in [1.165, 1.54) is 18.6 Å². The Balaban J connectivity index is 2.37. The van der Waals surface area contributed by atoms with Crippen molar-refractivity contribution >= 4 is 20.3 Å². The Labute approximate surface area is 113 Å². The molecule has 0 aromatic rings. The molecule has 0 N–H and O–H groups in total. The second-order valence-electron chi connectivity index (χ2n) is 6.76. The summed E-state index contributed by atoms with van der Waals surface area (Å²) in [6.45, 7) is 13.7. The van der Waals surface area contributed by atoms with Gasteiger partial charge in [-0.25, -0.2) is 4.31 Å². The lowest BCUT2D eigenvalue weighted by Gasteiger charge is -2.40. The normalized spacial score (nSPS) is 19.8. The zero-order valence-electron chi connectivity index (χ0n) is 12.5. The summed E-state index contributed by atoms with van der Waals surface area (Å²) in [5.74, 6) is 2.24. The first-order chi connectivity index (χ1) is 7.63. The van der Waals surface area contributed by atoms with Crippen LogP contribution >= 0.6 is 11.9 Å². The van der Waals surface area contributed by atoms with Gasteiger partial charge in [0.25, 0.3) is 0 Å². The molecule has 1 rings (SSSR count). The van der Waals surface area contributed by atoms with Gasteiger partial charge in [0.05, 0.1) is 0 Å². The van der Waals surface area contributed by atoms with Gasteiger partial charge < -0.3 is 4.43 Å². The highest BCUT2D eigenvalue weighted by Crippen LogP contribution is 2.38. The molecule has 1 aliphatic rings. The average molecular weight is 276 g/mol. The molecule has 1 saturated carbocycles. The molecule has 1 unspecified atom stereocenters. The molecule has 0 amide bonds. The summed E-state index contributed by atoms with van der Waals surface area (Å²) < 4.78 is 8.65. The minimum absolute atomic E-state index is 0.222. The molecular weight excluding hydrogens is 246 g/mol.